The second kappa shape index (κ2) is 30.8. The Bertz CT molecular complexity index is 2070. The van der Waals surface area contributed by atoms with Crippen LogP contribution in [0.2, 0.25) is 0 Å². The van der Waals surface area contributed by atoms with Gasteiger partial charge in [0.2, 0.25) is 0 Å². The molecular weight excluding hydrogens is 1170 g/mol. The van der Waals surface area contributed by atoms with Crippen LogP contribution in [0.5, 0.6) is 0 Å². The number of fused-ring (bicyclic) bond motifs is 7. The van der Waals surface area contributed by atoms with E-state index in [2.05, 4.69) is 10.0 Å². The molecule has 15 aliphatic heterocycles. The highest BCUT2D eigenvalue weighted by Gasteiger charge is 2.60. The molecule has 0 aromatic carbocycles. The molecule has 85 heavy (non-hydrogen) atoms. The van der Waals surface area contributed by atoms with Gasteiger partial charge in [-0.25, -0.2) is 0 Å². The molecule has 0 spiro atoms. The van der Waals surface area contributed by atoms with Crippen molar-refractivity contribution in [1.82, 2.24) is 0 Å². The van der Waals surface area contributed by atoms with Gasteiger partial charge in [0.25, 0.3) is 0 Å². The average molecular weight is 1250 g/mol. The van der Waals surface area contributed by atoms with E-state index in [1.165, 1.54) is 0 Å². The number of unbranched alkanes of at least 4 members (excludes halogenated alkanes) is 2. The van der Waals surface area contributed by atoms with E-state index >= 15 is 0 Å². The van der Waals surface area contributed by atoms with Gasteiger partial charge < -0.3 is 173 Å². The lowest BCUT2D eigenvalue weighted by atomic mass is 9.95. The van der Waals surface area contributed by atoms with Gasteiger partial charge in [-0.3, -0.25) is 0 Å². The van der Waals surface area contributed by atoms with Gasteiger partial charge in [-0.05, 0) is 18.4 Å². The summed E-state index contributed by atoms with van der Waals surface area (Å²) >= 11 is 0. The Balaban J connectivity index is 1.10. The van der Waals surface area contributed by atoms with Gasteiger partial charge in [-0.1, -0.05) is 11.5 Å². The van der Waals surface area contributed by atoms with Crippen molar-refractivity contribution in [2.24, 2.45) is 5.11 Å². The molecule has 35 atom stereocenters. The van der Waals surface area contributed by atoms with Crippen molar-refractivity contribution < 1.29 is 173 Å². The van der Waals surface area contributed by atoms with Gasteiger partial charge in [0.1, 0.15) is 171 Å². The molecule has 0 unspecified atom stereocenters. The normalized spacial score (nSPS) is 51.1. The lowest BCUT2D eigenvalue weighted by Gasteiger charge is -2.50. The summed E-state index contributed by atoms with van der Waals surface area (Å²) in [6.07, 6.45) is -68.3. The highest BCUT2D eigenvalue weighted by atomic mass is 16.8. The maximum atomic E-state index is 12.1. The molecule has 492 valence electrons. The summed E-state index contributed by atoms with van der Waals surface area (Å²) in [5.74, 6) is 0. The number of hydrogen-bond donors (Lipinski definition) is 20. The average Bonchev–Trinajstić information content (AvgIpc) is 1.73. The first-order valence-corrected chi connectivity index (χ1v) is 27.6. The number of nitrogens with zero attached hydrogens (tertiary/aromatic N) is 3. The second-order valence-electron chi connectivity index (χ2n) is 21.5. The Labute approximate surface area is 481 Å². The van der Waals surface area contributed by atoms with Crippen molar-refractivity contribution >= 4 is 0 Å². The van der Waals surface area contributed by atoms with Gasteiger partial charge in [0.15, 0.2) is 44.0 Å². The molecule has 0 aliphatic carbocycles. The Morgan fingerprint density at radius 2 is 0.506 bits per heavy atom. The van der Waals surface area contributed by atoms with E-state index in [0.717, 1.165) is 0 Å². The van der Waals surface area contributed by atoms with E-state index in [1.807, 2.05) is 0 Å². The molecule has 15 heterocycles. The van der Waals surface area contributed by atoms with Crippen LogP contribution in [0.4, 0.5) is 0 Å². The van der Waals surface area contributed by atoms with Crippen LogP contribution in [0.15, 0.2) is 5.11 Å². The molecule has 0 aromatic rings. The van der Waals surface area contributed by atoms with Crippen LogP contribution in [0.1, 0.15) is 19.3 Å². The number of hydrogen-bond acceptors (Lipinski definition) is 36. The van der Waals surface area contributed by atoms with E-state index in [9.17, 15) is 102 Å². The molecule has 15 aliphatic rings. The first-order valence-electron chi connectivity index (χ1n) is 27.6. The molecule has 38 heteroatoms. The standard InChI is InChI=1S/C47H79N3O35/c48-50-49-4-2-1-3-5-71-40-32(70)39-19(12-57)78-47(40)85-38-18(11-56)77-45(31(69)25(38)63)83-36-16(9-54)75-43(29(67)23(36)61)81-34-14(7-52)73-41(27(65)21(34)59)79-33-13(6-51)72-42(26(64)20(33)58)80-35-15(8-53)74-44(28(66)22(35)60)82-37-17(10-55)76-46(84-39)30(68)24(37)62/h13-47,51-70H,1-12H2/t13-,14-,15-,16-,17-,18-,19-,20-,21+,22-,23+,24-,25+,26-,27-,28-,29+,30-,31+,32+,33-,34-,35-,36-,37-,38-,39-,40-,41-,42-,43-,44-,45-,46-,47-/m1/s1. The van der Waals surface area contributed by atoms with Gasteiger partial charge >= 0.3 is 0 Å². The summed E-state index contributed by atoms with van der Waals surface area (Å²) in [5.41, 5.74) is 8.67. The minimum Gasteiger partial charge on any atom is -0.394 e. The van der Waals surface area contributed by atoms with Crippen LogP contribution in [-0.2, 0) is 71.1 Å². The molecule has 0 radical (unpaired) electrons. The highest BCUT2D eigenvalue weighted by molar-refractivity contribution is 5.02. The van der Waals surface area contributed by atoms with Crippen molar-refractivity contribution in [2.45, 2.75) is 234 Å². The molecule has 0 amide bonds. The molecule has 15 saturated heterocycles. The van der Waals surface area contributed by atoms with Crippen molar-refractivity contribution in [1.29, 1.82) is 0 Å². The van der Waals surface area contributed by atoms with Gasteiger partial charge in [0, 0.05) is 18.1 Å². The zero-order valence-electron chi connectivity index (χ0n) is 45.1. The third kappa shape index (κ3) is 14.7. The highest BCUT2D eigenvalue weighted by Crippen LogP contribution is 2.39. The van der Waals surface area contributed by atoms with Crippen LogP contribution in [0.3, 0.4) is 0 Å². The Kier molecular flexibility index (Phi) is 24.9. The quantitative estimate of drug-likeness (QED) is 0.0332. The third-order valence-electron chi connectivity index (χ3n) is 16.0. The largest absolute Gasteiger partial charge is 0.394 e. The van der Waals surface area contributed by atoms with Gasteiger partial charge in [-0.15, -0.1) is 0 Å². The van der Waals surface area contributed by atoms with Gasteiger partial charge in [-0.2, -0.15) is 0 Å². The minimum absolute atomic E-state index is 0.131. The maximum absolute atomic E-state index is 12.1. The lowest BCUT2D eigenvalue weighted by Crippen LogP contribution is -2.68. The SMILES string of the molecule is [N-]=[N+]=NCCCCCO[C@H]1[C@H]2O[C@H]3[C@@H](O)[C@H](O)[C@@H](O[C@H]4[C@@H](O)[C@H](O)[C@@H](O[C@H]5[C@@H](O)[C@@H](O)[C@@H](O[C@H]6[C@H](O)[C@@H](O)[C@@H](O[C@H]7[C@H](O)[C@@H](O)[C@@H](O[C@H]8[C@H](O)[C@@H](O)[C@@H](O[C@@H]([C@@H]1O)[C@@H](CO)O2)O[C@@H]8CO)O[C@@H]7CO)O[C@@H]6CO)O[C@@H]5CO)O[C@@H]4CO)O[C@@H]3CO. The molecule has 15 rings (SSSR count). The maximum Gasteiger partial charge on any atom is 0.187 e. The summed E-state index contributed by atoms with van der Waals surface area (Å²) in [6, 6.07) is 0. The Morgan fingerprint density at radius 3 is 0.741 bits per heavy atom. The van der Waals surface area contributed by atoms with Crippen molar-refractivity contribution in [3.05, 3.63) is 10.4 Å². The summed E-state index contributed by atoms with van der Waals surface area (Å²) in [6.45, 7) is -7.36. The zero-order valence-corrected chi connectivity index (χ0v) is 45.1. The minimum atomic E-state index is -2.22. The number of rotatable bonds is 14. The van der Waals surface area contributed by atoms with Crippen LogP contribution in [0, 0.1) is 0 Å². The summed E-state index contributed by atoms with van der Waals surface area (Å²) in [5, 5.41) is 226. The fourth-order valence-corrected chi connectivity index (χ4v) is 11.3. The second-order valence-corrected chi connectivity index (χ2v) is 21.5. The number of aliphatic hydroxyl groups excluding tert-OH is 20. The van der Waals surface area contributed by atoms with E-state index in [0.29, 0.717) is 12.8 Å². The Morgan fingerprint density at radius 1 is 0.282 bits per heavy atom. The van der Waals surface area contributed by atoms with Crippen LogP contribution in [-0.4, -0.2) is 376 Å². The molecule has 14 bridgehead atoms. The van der Waals surface area contributed by atoms with Crippen molar-refractivity contribution in [3.8, 4) is 0 Å². The molecule has 20 N–H and O–H groups in total. The Hall–Kier alpha value is -2.09. The van der Waals surface area contributed by atoms with Gasteiger partial charge in [0.05, 0.1) is 46.2 Å². The van der Waals surface area contributed by atoms with Crippen molar-refractivity contribution in [3.63, 3.8) is 0 Å². The fourth-order valence-electron chi connectivity index (χ4n) is 11.3. The summed E-state index contributed by atoms with van der Waals surface area (Å²) < 4.78 is 87.3. The van der Waals surface area contributed by atoms with Crippen LogP contribution < -0.4 is 0 Å². The number of azide groups is 1. The van der Waals surface area contributed by atoms with E-state index < -0.39 is 261 Å². The fraction of sp³-hybridized carbons (Fsp3) is 1.00. The predicted molar refractivity (Wildman–Crippen MR) is 260 cm³/mol. The molecule has 15 fully saturated rings. The number of aliphatic hydroxyl groups is 20. The van der Waals surface area contributed by atoms with Crippen LogP contribution in [0.25, 0.3) is 10.4 Å². The summed E-state index contributed by atoms with van der Waals surface area (Å²) in [4.78, 5) is 2.69. The monoisotopic (exact) mass is 1250 g/mol. The lowest BCUT2D eigenvalue weighted by molar-refractivity contribution is -0.398. The van der Waals surface area contributed by atoms with Crippen LogP contribution >= 0.6 is 0 Å². The van der Waals surface area contributed by atoms with Crippen molar-refractivity contribution in [2.75, 3.05) is 59.4 Å². The first-order chi connectivity index (χ1) is 40.7. The molecular formula is C47H79N3O35. The zero-order chi connectivity index (χ0) is 61.7. The third-order valence-corrected chi connectivity index (χ3v) is 16.0. The molecule has 0 aromatic heterocycles. The molecule has 0 saturated carbocycles. The predicted octanol–water partition coefficient (Wildman–Crippen LogP) is -12.7. The van der Waals surface area contributed by atoms with E-state index in [1.54, 1.807) is 0 Å². The first kappa shape index (κ1) is 68.8. The molecule has 38 nitrogen and oxygen atoms in total. The van der Waals surface area contributed by atoms with E-state index in [-0.39, 0.29) is 19.6 Å². The smallest absolute Gasteiger partial charge is 0.187 e. The van der Waals surface area contributed by atoms with E-state index in [4.69, 9.17) is 76.6 Å². The topological polar surface area (TPSA) is 592 Å². The number of ether oxygens (including phenoxy) is 15. The summed E-state index contributed by atoms with van der Waals surface area (Å²) in [7, 11) is 0.